The first kappa shape index (κ1) is 25.2. The van der Waals surface area contributed by atoms with Crippen molar-refractivity contribution in [2.75, 3.05) is 26.6 Å². The lowest BCUT2D eigenvalue weighted by molar-refractivity contribution is -0.0527. The molecule has 1 aliphatic heterocycles. The molecule has 12 nitrogen and oxygen atoms in total. The van der Waals surface area contributed by atoms with Crippen LogP contribution < -0.4 is 5.73 Å². The van der Waals surface area contributed by atoms with Crippen molar-refractivity contribution < 1.29 is 32.4 Å². The molecule has 3 heterocycles. The van der Waals surface area contributed by atoms with Crippen molar-refractivity contribution >= 4 is 33.1 Å². The molecule has 0 bridgehead atoms. The third-order valence-electron chi connectivity index (χ3n) is 6.09. The number of hydrogen-bond donors (Lipinski definition) is 2. The van der Waals surface area contributed by atoms with E-state index in [2.05, 4.69) is 53.3 Å². The average molecular weight is 490 g/mol. The van der Waals surface area contributed by atoms with Gasteiger partial charge in [0, 0.05) is 14.2 Å². The van der Waals surface area contributed by atoms with E-state index in [0.29, 0.717) is 11.2 Å². The van der Waals surface area contributed by atoms with Gasteiger partial charge in [0.2, 0.25) is 0 Å². The number of hydrogen-bond acceptors (Lipinski definition) is 10. The lowest BCUT2D eigenvalue weighted by Crippen LogP contribution is -2.49. The highest BCUT2D eigenvalue weighted by Gasteiger charge is 2.52. The van der Waals surface area contributed by atoms with Gasteiger partial charge in [-0.25, -0.2) is 19.5 Å². The number of fused-ring (bicyclic) bond motifs is 1. The van der Waals surface area contributed by atoms with Crippen LogP contribution in [0.2, 0.25) is 18.1 Å². The Labute approximate surface area is 188 Å². The third kappa shape index (κ3) is 4.90. The quantitative estimate of drug-likeness (QED) is 0.415. The smallest absolute Gasteiger partial charge is 0.407 e. The van der Waals surface area contributed by atoms with Crippen LogP contribution in [-0.2, 0) is 27.5 Å². The molecule has 2 unspecified atom stereocenters. The summed E-state index contributed by atoms with van der Waals surface area (Å²) in [6.07, 6.45) is 0.342. The van der Waals surface area contributed by atoms with Crippen LogP contribution >= 0.6 is 7.82 Å². The predicted octanol–water partition coefficient (Wildman–Crippen LogP) is 2.47. The van der Waals surface area contributed by atoms with Gasteiger partial charge in [-0.2, -0.15) is 0 Å². The SMILES string of the molecule is COC1[C@@H](COP(=O)(O)OC)O[C@@H](n2cnc3c(N)ncnc32)[C@H]1O[Si](C)(C)C(C)(C)C. The number of phosphoric acid groups is 1. The number of imidazole rings is 1. The van der Waals surface area contributed by atoms with E-state index in [1.807, 2.05) is 0 Å². The molecule has 14 heteroatoms. The van der Waals surface area contributed by atoms with E-state index in [-0.39, 0.29) is 17.5 Å². The summed E-state index contributed by atoms with van der Waals surface area (Å²) < 4.78 is 41.9. The molecule has 3 N–H and O–H groups in total. The number of anilines is 1. The number of nitrogen functional groups attached to an aromatic ring is 1. The maximum absolute atomic E-state index is 11.8. The second kappa shape index (κ2) is 9.07. The largest absolute Gasteiger partial charge is 0.472 e. The number of aromatic nitrogens is 4. The summed E-state index contributed by atoms with van der Waals surface area (Å²) in [5.41, 5.74) is 6.86. The molecule has 1 saturated heterocycles. The molecule has 0 amide bonds. The Hall–Kier alpha value is -1.44. The Balaban J connectivity index is 2.01. The highest BCUT2D eigenvalue weighted by molar-refractivity contribution is 7.47. The molecule has 2 aromatic rings. The zero-order chi connectivity index (χ0) is 23.9. The number of phosphoric ester groups is 1. The minimum atomic E-state index is -4.20. The zero-order valence-corrected chi connectivity index (χ0v) is 21.3. The molecule has 0 spiro atoms. The minimum absolute atomic E-state index is 0.0785. The maximum atomic E-state index is 11.8. The molecular formula is C18H32N5O7PSi. The number of nitrogens with zero attached hydrogens (tertiary/aromatic N) is 4. The van der Waals surface area contributed by atoms with Gasteiger partial charge in [0.05, 0.1) is 12.9 Å². The molecule has 1 fully saturated rings. The van der Waals surface area contributed by atoms with Gasteiger partial charge in [-0.3, -0.25) is 13.6 Å². The van der Waals surface area contributed by atoms with E-state index in [0.717, 1.165) is 7.11 Å². The first-order valence-electron chi connectivity index (χ1n) is 10.1. The number of nitrogens with two attached hydrogens (primary N) is 1. The van der Waals surface area contributed by atoms with Gasteiger partial charge in [0.25, 0.3) is 0 Å². The van der Waals surface area contributed by atoms with Crippen LogP contribution in [0.15, 0.2) is 12.7 Å². The monoisotopic (exact) mass is 489 g/mol. The van der Waals surface area contributed by atoms with Crippen LogP contribution in [0.25, 0.3) is 11.2 Å². The molecule has 5 atom stereocenters. The maximum Gasteiger partial charge on any atom is 0.472 e. The van der Waals surface area contributed by atoms with Gasteiger partial charge in [-0.1, -0.05) is 20.8 Å². The second-order valence-corrected chi connectivity index (χ2v) is 15.5. The van der Waals surface area contributed by atoms with E-state index in [1.54, 1.807) is 10.9 Å². The van der Waals surface area contributed by atoms with Crippen LogP contribution in [0.4, 0.5) is 5.82 Å². The van der Waals surface area contributed by atoms with E-state index in [9.17, 15) is 9.46 Å². The normalized spacial score (nSPS) is 26.5. The summed E-state index contributed by atoms with van der Waals surface area (Å²) in [4.78, 5) is 22.3. The van der Waals surface area contributed by atoms with Crippen molar-refractivity contribution in [1.82, 2.24) is 19.5 Å². The first-order chi connectivity index (χ1) is 14.8. The molecule has 3 rings (SSSR count). The van der Waals surface area contributed by atoms with Crippen molar-refractivity contribution in [3.8, 4) is 0 Å². The lowest BCUT2D eigenvalue weighted by Gasteiger charge is -2.40. The minimum Gasteiger partial charge on any atom is -0.407 e. The molecule has 0 aliphatic carbocycles. The number of methoxy groups -OCH3 is 1. The molecule has 2 aromatic heterocycles. The molecule has 180 valence electrons. The van der Waals surface area contributed by atoms with Crippen LogP contribution in [0.3, 0.4) is 0 Å². The van der Waals surface area contributed by atoms with Crippen molar-refractivity contribution in [3.63, 3.8) is 0 Å². The molecule has 0 saturated carbocycles. The Morgan fingerprint density at radius 3 is 2.53 bits per heavy atom. The standard InChI is InChI=1S/C18H32N5O7PSi/c1-18(2,3)32(6,7)30-14-13(26-4)11(8-28-31(24,25)27-5)29-17(14)23-10-22-12-15(19)20-9-21-16(12)23/h9-11,13-14,17H,8H2,1-7H3,(H,24,25)(H2,19,20,21)/t11-,13?,14+,17-/m1/s1. The summed E-state index contributed by atoms with van der Waals surface area (Å²) in [6.45, 7) is 10.4. The van der Waals surface area contributed by atoms with E-state index >= 15 is 0 Å². The lowest BCUT2D eigenvalue weighted by atomic mass is 10.1. The molecule has 0 aromatic carbocycles. The molecule has 0 radical (unpaired) electrons. The summed E-state index contributed by atoms with van der Waals surface area (Å²) in [6, 6.07) is 0. The van der Waals surface area contributed by atoms with Gasteiger partial charge < -0.3 is 24.5 Å². The number of rotatable bonds is 8. The summed E-state index contributed by atoms with van der Waals surface area (Å²) >= 11 is 0. The molecule has 1 aliphatic rings. The van der Waals surface area contributed by atoms with E-state index in [1.165, 1.54) is 13.4 Å². The second-order valence-electron chi connectivity index (χ2n) is 9.14. The Morgan fingerprint density at radius 2 is 1.94 bits per heavy atom. The summed E-state index contributed by atoms with van der Waals surface area (Å²) in [5, 5.41) is -0.0785. The third-order valence-corrected chi connectivity index (χ3v) is 11.5. The van der Waals surface area contributed by atoms with Gasteiger partial charge in [0.15, 0.2) is 26.0 Å². The van der Waals surface area contributed by atoms with Gasteiger partial charge in [-0.05, 0) is 18.1 Å². The van der Waals surface area contributed by atoms with Crippen molar-refractivity contribution in [1.29, 1.82) is 0 Å². The predicted molar refractivity (Wildman–Crippen MR) is 119 cm³/mol. The fourth-order valence-electron chi connectivity index (χ4n) is 3.27. The van der Waals surface area contributed by atoms with Gasteiger partial charge in [0.1, 0.15) is 30.2 Å². The van der Waals surface area contributed by atoms with Crippen LogP contribution in [0.1, 0.15) is 27.0 Å². The van der Waals surface area contributed by atoms with Gasteiger partial charge in [-0.15, -0.1) is 0 Å². The topological polar surface area (TPSA) is 153 Å². The Bertz CT molecular complexity index is 998. The molecule has 32 heavy (non-hydrogen) atoms. The first-order valence-corrected chi connectivity index (χ1v) is 14.5. The average Bonchev–Trinajstić information content (AvgIpc) is 3.27. The number of ether oxygens (including phenoxy) is 2. The summed E-state index contributed by atoms with van der Waals surface area (Å²) in [5.74, 6) is 0.248. The zero-order valence-electron chi connectivity index (χ0n) is 19.4. The van der Waals surface area contributed by atoms with Crippen LogP contribution in [-0.4, -0.2) is 71.9 Å². The fraction of sp³-hybridized carbons (Fsp3) is 0.722. The highest BCUT2D eigenvalue weighted by atomic mass is 31.2. The van der Waals surface area contributed by atoms with E-state index in [4.69, 9.17) is 24.2 Å². The van der Waals surface area contributed by atoms with E-state index < -0.39 is 40.7 Å². The van der Waals surface area contributed by atoms with Crippen molar-refractivity contribution in [2.45, 2.75) is 63.4 Å². The van der Waals surface area contributed by atoms with Gasteiger partial charge >= 0.3 is 7.82 Å². The summed E-state index contributed by atoms with van der Waals surface area (Å²) in [7, 11) is -3.85. The fourth-order valence-corrected chi connectivity index (χ4v) is 5.00. The Kier molecular flexibility index (Phi) is 7.14. The van der Waals surface area contributed by atoms with Crippen molar-refractivity contribution in [2.24, 2.45) is 0 Å². The highest BCUT2D eigenvalue weighted by Crippen LogP contribution is 2.46. The molecular weight excluding hydrogens is 457 g/mol. The Morgan fingerprint density at radius 1 is 1.25 bits per heavy atom. The van der Waals surface area contributed by atoms with Crippen LogP contribution in [0.5, 0.6) is 0 Å². The van der Waals surface area contributed by atoms with Crippen LogP contribution in [0, 0.1) is 0 Å². The van der Waals surface area contributed by atoms with Crippen molar-refractivity contribution in [3.05, 3.63) is 12.7 Å².